The highest BCUT2D eigenvalue weighted by Crippen LogP contribution is 2.28. The lowest BCUT2D eigenvalue weighted by Gasteiger charge is -2.33. The molecule has 0 bridgehead atoms. The first-order valence-electron chi connectivity index (χ1n) is 7.27. The Labute approximate surface area is 124 Å². The van der Waals surface area contributed by atoms with Gasteiger partial charge in [-0.25, -0.2) is 0 Å². The summed E-state index contributed by atoms with van der Waals surface area (Å²) in [5.41, 5.74) is 2.75. The van der Waals surface area contributed by atoms with Gasteiger partial charge in [0.2, 0.25) is 0 Å². The Balaban J connectivity index is 2.35. The number of hydrogen-bond donors (Lipinski definition) is 0. The Bertz CT molecular complexity index is 477. The lowest BCUT2D eigenvalue weighted by atomic mass is 9.98. The molecule has 0 aliphatic carbocycles. The molecule has 0 fully saturated rings. The maximum absolute atomic E-state index is 2.51. The minimum atomic E-state index is -1.12. The number of benzene rings is 2. The average Bonchev–Trinajstić information content (AvgIpc) is 2.39. The molecule has 0 heterocycles. The smallest absolute Gasteiger partial charge is 0.0599 e. The van der Waals surface area contributed by atoms with Crippen LogP contribution in [0, 0.1) is 0 Å². The summed E-state index contributed by atoms with van der Waals surface area (Å²) in [7, 11) is 1.13. The normalized spacial score (nSPS) is 12.1. The van der Waals surface area contributed by atoms with Crippen LogP contribution >= 0.6 is 0 Å². The molecule has 0 spiro atoms. The highest BCUT2D eigenvalue weighted by molar-refractivity contribution is 6.76. The maximum Gasteiger partial charge on any atom is 0.0599 e. The van der Waals surface area contributed by atoms with E-state index >= 15 is 0 Å². The van der Waals surface area contributed by atoms with Gasteiger partial charge in [-0.1, -0.05) is 80.3 Å². The molecule has 0 amide bonds. The molecule has 2 aromatic rings. The Morgan fingerprint density at radius 1 is 0.800 bits per heavy atom. The molecule has 2 heteroatoms. The van der Waals surface area contributed by atoms with Crippen molar-refractivity contribution in [3.05, 3.63) is 71.8 Å². The second-order valence-electron chi connectivity index (χ2n) is 6.70. The van der Waals surface area contributed by atoms with Gasteiger partial charge >= 0.3 is 0 Å². The van der Waals surface area contributed by atoms with Crippen LogP contribution in [0.3, 0.4) is 0 Å². The van der Waals surface area contributed by atoms with Crippen LogP contribution in [0.25, 0.3) is 0 Å². The first-order chi connectivity index (χ1) is 9.47. The predicted molar refractivity (Wildman–Crippen MR) is 90.7 cm³/mol. The van der Waals surface area contributed by atoms with Gasteiger partial charge in [0.15, 0.2) is 0 Å². The Kier molecular flexibility index (Phi) is 4.79. The molecule has 0 aliphatic rings. The van der Waals surface area contributed by atoms with Crippen molar-refractivity contribution in [3.8, 4) is 0 Å². The molecular formula is C18H25NSi. The van der Waals surface area contributed by atoms with E-state index in [9.17, 15) is 0 Å². The van der Waals surface area contributed by atoms with E-state index in [1.807, 2.05) is 0 Å². The fourth-order valence-corrected chi connectivity index (χ4v) is 4.49. The minimum Gasteiger partial charge on any atom is -0.298 e. The summed E-state index contributed by atoms with van der Waals surface area (Å²) in [5.74, 6) is 0. The molecule has 2 aromatic carbocycles. The van der Waals surface area contributed by atoms with Crippen LogP contribution in [0.15, 0.2) is 60.7 Å². The fraction of sp³-hybridized carbons (Fsp3) is 0.333. The van der Waals surface area contributed by atoms with E-state index in [4.69, 9.17) is 0 Å². The third-order valence-corrected chi connectivity index (χ3v) is 4.84. The molecule has 0 aromatic heterocycles. The van der Waals surface area contributed by atoms with E-state index in [1.165, 1.54) is 17.3 Å². The maximum atomic E-state index is 2.51. The van der Waals surface area contributed by atoms with Gasteiger partial charge < -0.3 is 0 Å². The zero-order valence-corrected chi connectivity index (χ0v) is 14.0. The van der Waals surface area contributed by atoms with Gasteiger partial charge in [0, 0.05) is 0 Å². The summed E-state index contributed by atoms with van der Waals surface area (Å²) in [6.45, 7) is 7.28. The zero-order chi connectivity index (χ0) is 14.6. The summed E-state index contributed by atoms with van der Waals surface area (Å²) in [5, 5.41) is 0. The van der Waals surface area contributed by atoms with Crippen LogP contribution in [0.4, 0.5) is 0 Å². The highest BCUT2D eigenvalue weighted by atomic mass is 28.3. The van der Waals surface area contributed by atoms with Crippen LogP contribution in [-0.2, 0) is 0 Å². The first kappa shape index (κ1) is 15.0. The molecule has 0 radical (unpaired) electrons. The lowest BCUT2D eigenvalue weighted by Crippen LogP contribution is -2.40. The summed E-state index contributed by atoms with van der Waals surface area (Å²) in [6.07, 6.45) is 1.20. The molecule has 106 valence electrons. The molecule has 0 atom stereocenters. The van der Waals surface area contributed by atoms with E-state index in [1.54, 1.807) is 0 Å². The van der Waals surface area contributed by atoms with Crippen molar-refractivity contribution >= 4 is 8.07 Å². The van der Waals surface area contributed by atoms with E-state index < -0.39 is 8.07 Å². The predicted octanol–water partition coefficient (Wildman–Crippen LogP) is 4.59. The minimum absolute atomic E-state index is 0.351. The summed E-state index contributed by atoms with van der Waals surface area (Å²) in [6, 6.07) is 22.0. The lowest BCUT2D eigenvalue weighted by molar-refractivity contribution is 0.319. The van der Waals surface area contributed by atoms with Gasteiger partial charge in [-0.05, 0) is 24.3 Å². The largest absolute Gasteiger partial charge is 0.298 e. The molecule has 0 unspecified atom stereocenters. The summed E-state index contributed by atoms with van der Waals surface area (Å²) < 4.78 is 0. The van der Waals surface area contributed by atoms with Gasteiger partial charge in [0.1, 0.15) is 0 Å². The number of rotatable bonds is 5. The molecule has 0 saturated carbocycles. The van der Waals surface area contributed by atoms with Gasteiger partial charge in [-0.15, -0.1) is 0 Å². The van der Waals surface area contributed by atoms with Crippen LogP contribution < -0.4 is 0 Å². The Morgan fingerprint density at radius 3 is 1.55 bits per heavy atom. The Morgan fingerprint density at radius 2 is 1.20 bits per heavy atom. The summed E-state index contributed by atoms with van der Waals surface area (Å²) in [4.78, 5) is 2.51. The highest BCUT2D eigenvalue weighted by Gasteiger charge is 2.24. The molecular weight excluding hydrogens is 258 g/mol. The number of hydrogen-bond acceptors (Lipinski definition) is 1. The van der Waals surface area contributed by atoms with Crippen LogP contribution in [0.1, 0.15) is 17.2 Å². The molecule has 0 N–H and O–H groups in total. The third-order valence-electron chi connectivity index (χ3n) is 3.40. The monoisotopic (exact) mass is 283 g/mol. The van der Waals surface area contributed by atoms with Crippen molar-refractivity contribution in [3.63, 3.8) is 0 Å². The second kappa shape index (κ2) is 6.38. The summed E-state index contributed by atoms with van der Waals surface area (Å²) >= 11 is 0. The number of nitrogens with zero attached hydrogens (tertiary/aromatic N) is 1. The van der Waals surface area contributed by atoms with Crippen LogP contribution in [0.2, 0.25) is 19.6 Å². The SMILES string of the molecule is CN(C[Si](C)(C)C)C(c1ccccc1)c1ccccc1. The van der Waals surface area contributed by atoms with E-state index in [0.717, 1.165) is 0 Å². The average molecular weight is 283 g/mol. The van der Waals surface area contributed by atoms with E-state index in [2.05, 4.69) is 92.3 Å². The van der Waals surface area contributed by atoms with Crippen LogP contribution in [0.5, 0.6) is 0 Å². The molecule has 0 saturated heterocycles. The van der Waals surface area contributed by atoms with Crippen molar-refractivity contribution < 1.29 is 0 Å². The van der Waals surface area contributed by atoms with E-state index in [0.29, 0.717) is 6.04 Å². The molecule has 2 rings (SSSR count). The van der Waals surface area contributed by atoms with Crippen LogP contribution in [-0.4, -0.2) is 26.2 Å². The first-order valence-corrected chi connectivity index (χ1v) is 11.0. The van der Waals surface area contributed by atoms with Gasteiger partial charge in [-0.2, -0.15) is 0 Å². The van der Waals surface area contributed by atoms with Crippen molar-refractivity contribution in [1.82, 2.24) is 4.90 Å². The van der Waals surface area contributed by atoms with Gasteiger partial charge in [0.05, 0.1) is 14.1 Å². The quantitative estimate of drug-likeness (QED) is 0.726. The second-order valence-corrected chi connectivity index (χ2v) is 12.1. The van der Waals surface area contributed by atoms with Crippen molar-refractivity contribution in [2.45, 2.75) is 25.7 Å². The molecule has 1 nitrogen and oxygen atoms in total. The van der Waals surface area contributed by atoms with E-state index in [-0.39, 0.29) is 0 Å². The van der Waals surface area contributed by atoms with Crippen molar-refractivity contribution in [2.75, 3.05) is 13.2 Å². The standard InChI is InChI=1S/C18H25NSi/c1-19(15-20(2,3)4)18(16-11-7-5-8-12-16)17-13-9-6-10-14-17/h5-14,18H,15H2,1-4H3. The zero-order valence-electron chi connectivity index (χ0n) is 13.0. The van der Waals surface area contributed by atoms with Crippen molar-refractivity contribution in [1.29, 1.82) is 0 Å². The van der Waals surface area contributed by atoms with Gasteiger partial charge in [0.25, 0.3) is 0 Å². The molecule has 0 aliphatic heterocycles. The third kappa shape index (κ3) is 4.05. The van der Waals surface area contributed by atoms with Gasteiger partial charge in [-0.3, -0.25) is 4.90 Å². The Hall–Kier alpha value is -1.38. The fourth-order valence-electron chi connectivity index (χ4n) is 2.81. The topological polar surface area (TPSA) is 3.24 Å². The van der Waals surface area contributed by atoms with Crippen molar-refractivity contribution in [2.24, 2.45) is 0 Å². The molecule has 20 heavy (non-hydrogen) atoms.